The van der Waals surface area contributed by atoms with Crippen LogP contribution in [0.15, 0.2) is 66.7 Å². The summed E-state index contributed by atoms with van der Waals surface area (Å²) in [5.41, 5.74) is 3.33. The molecule has 8 heteroatoms. The largest absolute Gasteiger partial charge is 0.497 e. The molecular weight excluding hydrogens is 416 g/mol. The number of hydrogen-bond acceptors (Lipinski definition) is 4. The number of halogens is 2. The van der Waals surface area contributed by atoms with Crippen LogP contribution in [0, 0.1) is 0 Å². The molecule has 4 aromatic rings. The molecule has 0 aliphatic carbocycles. The summed E-state index contributed by atoms with van der Waals surface area (Å²) in [6, 6.07) is 19.1. The van der Waals surface area contributed by atoms with Gasteiger partial charge < -0.3 is 19.8 Å². The molecule has 0 unspecified atom stereocenters. The van der Waals surface area contributed by atoms with Crippen molar-refractivity contribution in [1.29, 1.82) is 0 Å². The number of ether oxygens (including phenoxy) is 2. The molecule has 0 spiro atoms. The molecule has 2 N–H and O–H groups in total. The minimum absolute atomic E-state index is 0.0189. The van der Waals surface area contributed by atoms with Gasteiger partial charge in [-0.25, -0.2) is 4.98 Å². The normalized spacial score (nSPS) is 11.0. The highest BCUT2D eigenvalue weighted by atomic mass is 19.3. The Bertz CT molecular complexity index is 1190. The summed E-state index contributed by atoms with van der Waals surface area (Å²) in [5, 5.41) is 2.81. The number of imidazole rings is 1. The van der Waals surface area contributed by atoms with Gasteiger partial charge >= 0.3 is 6.61 Å². The second-order valence-corrected chi connectivity index (χ2v) is 7.07. The molecule has 1 heterocycles. The maximum absolute atomic E-state index is 12.9. The van der Waals surface area contributed by atoms with E-state index in [0.29, 0.717) is 29.0 Å². The molecule has 0 bridgehead atoms. The molecule has 32 heavy (non-hydrogen) atoms. The number of rotatable bonds is 8. The smallest absolute Gasteiger partial charge is 0.387 e. The number of nitrogens with zero attached hydrogens (tertiary/aromatic N) is 1. The van der Waals surface area contributed by atoms with Crippen LogP contribution in [0.4, 0.5) is 14.5 Å². The second-order valence-electron chi connectivity index (χ2n) is 7.07. The summed E-state index contributed by atoms with van der Waals surface area (Å²) in [5.74, 6) is 1.17. The third-order valence-electron chi connectivity index (χ3n) is 4.91. The number of carbonyl (C=O) groups excluding carboxylic acids is 1. The van der Waals surface area contributed by atoms with Crippen LogP contribution in [0.2, 0.25) is 0 Å². The number of fused-ring (bicyclic) bond motifs is 1. The van der Waals surface area contributed by atoms with Crippen LogP contribution in [0.3, 0.4) is 0 Å². The van der Waals surface area contributed by atoms with E-state index >= 15 is 0 Å². The first kappa shape index (κ1) is 21.3. The topological polar surface area (TPSA) is 76.2 Å². The van der Waals surface area contributed by atoms with Gasteiger partial charge in [0.2, 0.25) is 5.91 Å². The molecular formula is C24H21F2N3O3. The van der Waals surface area contributed by atoms with Crippen molar-refractivity contribution < 1.29 is 23.0 Å². The molecule has 1 amide bonds. The number of methoxy groups -OCH3 is 1. The van der Waals surface area contributed by atoms with Crippen LogP contribution in [0.25, 0.3) is 22.2 Å². The first-order valence-electron chi connectivity index (χ1n) is 9.98. The Morgan fingerprint density at radius 3 is 2.59 bits per heavy atom. The Morgan fingerprint density at radius 1 is 1.09 bits per heavy atom. The highest BCUT2D eigenvalue weighted by Crippen LogP contribution is 2.34. The van der Waals surface area contributed by atoms with Gasteiger partial charge in [0.05, 0.1) is 18.1 Å². The number of aryl methyl sites for hydroxylation is 1. The van der Waals surface area contributed by atoms with Gasteiger partial charge in [0.25, 0.3) is 0 Å². The van der Waals surface area contributed by atoms with Gasteiger partial charge in [-0.05, 0) is 48.0 Å². The number of hydrogen-bond donors (Lipinski definition) is 2. The Hall–Kier alpha value is -3.94. The predicted octanol–water partition coefficient (Wildman–Crippen LogP) is 5.41. The number of aromatic nitrogens is 2. The number of benzene rings is 3. The molecule has 0 saturated heterocycles. The SMILES string of the molecule is COc1ccc(-c2cc(NC(=O)CCc3nc4ccccc4[nH]3)ccc2OC(F)F)cc1. The van der Waals surface area contributed by atoms with Gasteiger partial charge in [0, 0.05) is 24.1 Å². The summed E-state index contributed by atoms with van der Waals surface area (Å²) in [6.45, 7) is -2.96. The van der Waals surface area contributed by atoms with E-state index in [1.807, 2.05) is 24.3 Å². The Morgan fingerprint density at radius 2 is 1.88 bits per heavy atom. The van der Waals surface area contributed by atoms with Gasteiger partial charge in [-0.1, -0.05) is 24.3 Å². The molecule has 0 atom stereocenters. The van der Waals surface area contributed by atoms with Crippen molar-refractivity contribution in [2.75, 3.05) is 12.4 Å². The first-order chi connectivity index (χ1) is 15.5. The zero-order valence-corrected chi connectivity index (χ0v) is 17.3. The maximum atomic E-state index is 12.9. The zero-order valence-electron chi connectivity index (χ0n) is 17.3. The van der Waals surface area contributed by atoms with Gasteiger partial charge in [-0.3, -0.25) is 4.79 Å². The van der Waals surface area contributed by atoms with E-state index in [2.05, 4.69) is 20.0 Å². The quantitative estimate of drug-likeness (QED) is 0.386. The molecule has 0 radical (unpaired) electrons. The second kappa shape index (κ2) is 9.47. The van der Waals surface area contributed by atoms with E-state index in [0.717, 1.165) is 16.9 Å². The number of amides is 1. The van der Waals surface area contributed by atoms with Crippen LogP contribution in [0.5, 0.6) is 11.5 Å². The molecule has 0 aliphatic rings. The fourth-order valence-electron chi connectivity index (χ4n) is 3.38. The minimum atomic E-state index is -2.96. The third-order valence-corrected chi connectivity index (χ3v) is 4.91. The maximum Gasteiger partial charge on any atom is 0.387 e. The van der Waals surface area contributed by atoms with Crippen molar-refractivity contribution >= 4 is 22.6 Å². The van der Waals surface area contributed by atoms with E-state index in [-0.39, 0.29) is 18.1 Å². The number of aromatic amines is 1. The molecule has 3 aromatic carbocycles. The zero-order chi connectivity index (χ0) is 22.5. The molecule has 1 aromatic heterocycles. The Kier molecular flexibility index (Phi) is 6.30. The fourth-order valence-corrected chi connectivity index (χ4v) is 3.38. The highest BCUT2D eigenvalue weighted by Gasteiger charge is 2.14. The van der Waals surface area contributed by atoms with Crippen molar-refractivity contribution in [3.8, 4) is 22.6 Å². The number of anilines is 1. The van der Waals surface area contributed by atoms with E-state index in [4.69, 9.17) is 4.74 Å². The molecule has 0 saturated carbocycles. The number of para-hydroxylation sites is 2. The minimum Gasteiger partial charge on any atom is -0.497 e. The lowest BCUT2D eigenvalue weighted by Crippen LogP contribution is -2.13. The van der Waals surface area contributed by atoms with Crippen molar-refractivity contribution in [2.24, 2.45) is 0 Å². The highest BCUT2D eigenvalue weighted by molar-refractivity contribution is 5.92. The fraction of sp³-hybridized carbons (Fsp3) is 0.167. The summed E-state index contributed by atoms with van der Waals surface area (Å²) < 4.78 is 35.5. The summed E-state index contributed by atoms with van der Waals surface area (Å²) in [4.78, 5) is 20.1. The van der Waals surface area contributed by atoms with E-state index in [9.17, 15) is 13.6 Å². The number of carbonyl (C=O) groups is 1. The standard InChI is InChI=1S/C24H21F2N3O3/c1-31-17-9-6-15(7-10-17)18-14-16(8-11-21(18)32-24(25)26)27-23(30)13-12-22-28-19-4-2-3-5-20(19)29-22/h2-11,14,24H,12-13H2,1H3,(H,27,30)(H,28,29). The van der Waals surface area contributed by atoms with Gasteiger partial charge in [0.15, 0.2) is 0 Å². The Balaban J connectivity index is 1.48. The number of H-pyrrole nitrogens is 1. The van der Waals surface area contributed by atoms with E-state index in [1.54, 1.807) is 37.4 Å². The summed E-state index contributed by atoms with van der Waals surface area (Å²) in [7, 11) is 1.54. The first-order valence-corrected chi connectivity index (χ1v) is 9.98. The van der Waals surface area contributed by atoms with Gasteiger partial charge in [-0.15, -0.1) is 0 Å². The monoisotopic (exact) mass is 437 g/mol. The van der Waals surface area contributed by atoms with Crippen LogP contribution < -0.4 is 14.8 Å². The van der Waals surface area contributed by atoms with Gasteiger partial charge in [0.1, 0.15) is 17.3 Å². The summed E-state index contributed by atoms with van der Waals surface area (Å²) in [6.07, 6.45) is 0.658. The average Bonchev–Trinajstić information content (AvgIpc) is 3.22. The van der Waals surface area contributed by atoms with Crippen LogP contribution in [0.1, 0.15) is 12.2 Å². The number of alkyl halides is 2. The van der Waals surface area contributed by atoms with E-state index < -0.39 is 6.61 Å². The van der Waals surface area contributed by atoms with Crippen LogP contribution >= 0.6 is 0 Å². The molecule has 6 nitrogen and oxygen atoms in total. The lowest BCUT2D eigenvalue weighted by Gasteiger charge is -2.14. The number of nitrogens with one attached hydrogen (secondary N) is 2. The Labute approximate surface area is 183 Å². The average molecular weight is 437 g/mol. The predicted molar refractivity (Wildman–Crippen MR) is 118 cm³/mol. The van der Waals surface area contributed by atoms with Crippen molar-refractivity contribution in [3.63, 3.8) is 0 Å². The lowest BCUT2D eigenvalue weighted by molar-refractivity contribution is -0.116. The van der Waals surface area contributed by atoms with Gasteiger partial charge in [-0.2, -0.15) is 8.78 Å². The summed E-state index contributed by atoms with van der Waals surface area (Å²) >= 11 is 0. The van der Waals surface area contributed by atoms with Crippen LogP contribution in [-0.4, -0.2) is 29.6 Å². The molecule has 4 rings (SSSR count). The lowest BCUT2D eigenvalue weighted by atomic mass is 10.0. The van der Waals surface area contributed by atoms with Crippen LogP contribution in [-0.2, 0) is 11.2 Å². The van der Waals surface area contributed by atoms with Crippen molar-refractivity contribution in [1.82, 2.24) is 9.97 Å². The molecule has 164 valence electrons. The third kappa shape index (κ3) is 5.03. The van der Waals surface area contributed by atoms with Crippen molar-refractivity contribution in [3.05, 3.63) is 72.6 Å². The van der Waals surface area contributed by atoms with E-state index in [1.165, 1.54) is 12.1 Å². The van der Waals surface area contributed by atoms with Crippen molar-refractivity contribution in [2.45, 2.75) is 19.5 Å². The molecule has 0 aliphatic heterocycles. The molecule has 0 fully saturated rings.